The Morgan fingerprint density at radius 3 is 2.43 bits per heavy atom. The molecule has 2 fully saturated rings. The number of ether oxygens (including phenoxy) is 1. The number of nitro benzene ring substituents is 1. The van der Waals surface area contributed by atoms with E-state index in [0.717, 1.165) is 44.8 Å². The molecule has 1 saturated heterocycles. The van der Waals surface area contributed by atoms with E-state index in [1.165, 1.54) is 12.1 Å². The fourth-order valence-corrected chi connectivity index (χ4v) is 5.40. The predicted octanol–water partition coefficient (Wildman–Crippen LogP) is 3.15. The van der Waals surface area contributed by atoms with Crippen LogP contribution in [-0.2, 0) is 14.8 Å². The Morgan fingerprint density at radius 1 is 1.23 bits per heavy atom. The maximum absolute atomic E-state index is 12.5. The molecule has 1 atom stereocenters. The third kappa shape index (κ3) is 7.28. The summed E-state index contributed by atoms with van der Waals surface area (Å²) in [6, 6.07) is 4.21. The minimum atomic E-state index is -4.01. The van der Waals surface area contributed by atoms with E-state index in [-0.39, 0.29) is 28.4 Å². The molecular weight excluding hydrogens is 474 g/mol. The molecule has 0 spiro atoms. The zero-order chi connectivity index (χ0) is 26.0. The Hall–Kier alpha value is -2.44. The lowest BCUT2D eigenvalue weighted by molar-refractivity contribution is -0.384. The number of amides is 1. The zero-order valence-electron chi connectivity index (χ0n) is 20.9. The summed E-state index contributed by atoms with van der Waals surface area (Å²) in [5.41, 5.74) is -0.524. The van der Waals surface area contributed by atoms with E-state index in [4.69, 9.17) is 9.88 Å². The first kappa shape index (κ1) is 27.2. The second kappa shape index (κ2) is 10.7. The molecule has 196 valence electrons. The minimum Gasteiger partial charge on any atom is -0.444 e. The minimum absolute atomic E-state index is 0.0823. The van der Waals surface area contributed by atoms with E-state index in [1.54, 1.807) is 0 Å². The van der Waals surface area contributed by atoms with Crippen molar-refractivity contribution in [3.05, 3.63) is 28.3 Å². The Balaban J connectivity index is 1.50. The van der Waals surface area contributed by atoms with E-state index < -0.39 is 20.5 Å². The van der Waals surface area contributed by atoms with Gasteiger partial charge in [-0.25, -0.2) is 18.4 Å². The van der Waals surface area contributed by atoms with Crippen LogP contribution in [0, 0.1) is 16.0 Å². The monoisotopic (exact) mass is 511 g/mol. The van der Waals surface area contributed by atoms with E-state index in [2.05, 4.69) is 17.1 Å². The summed E-state index contributed by atoms with van der Waals surface area (Å²) in [5.74, 6) is 0.365. The van der Waals surface area contributed by atoms with Crippen LogP contribution in [0.5, 0.6) is 0 Å². The van der Waals surface area contributed by atoms with Crippen molar-refractivity contribution in [3.63, 3.8) is 0 Å². The number of carbonyl (C=O) groups excluding carboxylic acids is 1. The van der Waals surface area contributed by atoms with Crippen molar-refractivity contribution in [1.29, 1.82) is 0 Å². The maximum Gasteiger partial charge on any atom is 0.410 e. The number of primary sulfonamides is 1. The fraction of sp³-hybridized carbons (Fsp3) is 0.696. The van der Waals surface area contributed by atoms with Crippen LogP contribution in [0.15, 0.2) is 23.1 Å². The first-order valence-corrected chi connectivity index (χ1v) is 13.6. The number of nitro groups is 1. The molecule has 1 aliphatic heterocycles. The van der Waals surface area contributed by atoms with Gasteiger partial charge in [-0.1, -0.05) is 0 Å². The first-order valence-electron chi connectivity index (χ1n) is 12.0. The number of benzene rings is 1. The molecule has 0 bridgehead atoms. The molecule has 3 N–H and O–H groups in total. The van der Waals surface area contributed by atoms with Gasteiger partial charge in [0.1, 0.15) is 11.3 Å². The molecular formula is C23H37N5O6S. The Labute approximate surface area is 207 Å². The van der Waals surface area contributed by atoms with Gasteiger partial charge >= 0.3 is 6.09 Å². The number of sulfonamides is 1. The van der Waals surface area contributed by atoms with Crippen LogP contribution < -0.4 is 10.5 Å². The van der Waals surface area contributed by atoms with Gasteiger partial charge in [0.15, 0.2) is 0 Å². The molecule has 1 aliphatic carbocycles. The number of rotatable bonds is 6. The van der Waals surface area contributed by atoms with Gasteiger partial charge in [0.05, 0.1) is 9.82 Å². The molecule has 0 radical (unpaired) electrons. The molecule has 11 nitrogen and oxygen atoms in total. The highest BCUT2D eigenvalue weighted by Crippen LogP contribution is 2.32. The normalized spacial score (nSPS) is 24.1. The Morgan fingerprint density at radius 2 is 1.89 bits per heavy atom. The molecule has 1 aromatic carbocycles. The van der Waals surface area contributed by atoms with Gasteiger partial charge in [0.25, 0.3) is 5.69 Å². The second-order valence-electron chi connectivity index (χ2n) is 10.6. The van der Waals surface area contributed by atoms with Gasteiger partial charge in [0.2, 0.25) is 10.0 Å². The lowest BCUT2D eigenvalue weighted by atomic mass is 9.84. The molecule has 12 heteroatoms. The molecule has 1 amide bonds. The van der Waals surface area contributed by atoms with Crippen LogP contribution in [0.3, 0.4) is 0 Å². The molecule has 2 aliphatic rings. The second-order valence-corrected chi connectivity index (χ2v) is 12.1. The van der Waals surface area contributed by atoms with Crippen LogP contribution in [-0.4, -0.2) is 73.1 Å². The van der Waals surface area contributed by atoms with Crippen molar-refractivity contribution in [1.82, 2.24) is 9.80 Å². The van der Waals surface area contributed by atoms with E-state index in [9.17, 15) is 23.3 Å². The number of nitrogens with one attached hydrogen (secondary N) is 1. The summed E-state index contributed by atoms with van der Waals surface area (Å²) in [5, 5.41) is 19.7. The van der Waals surface area contributed by atoms with Gasteiger partial charge in [-0.3, -0.25) is 15.0 Å². The highest BCUT2D eigenvalue weighted by molar-refractivity contribution is 7.89. The number of hydrogen-bond donors (Lipinski definition) is 2. The van der Waals surface area contributed by atoms with Gasteiger partial charge in [-0.05, 0) is 71.4 Å². The number of nitrogens with two attached hydrogens (primary N) is 1. The molecule has 0 unspecified atom stereocenters. The Bertz CT molecular complexity index is 1030. The lowest BCUT2D eigenvalue weighted by Crippen LogP contribution is -2.57. The summed E-state index contributed by atoms with van der Waals surface area (Å²) < 4.78 is 28.6. The summed E-state index contributed by atoms with van der Waals surface area (Å²) in [7, 11) is -4.01. The van der Waals surface area contributed by atoms with E-state index in [0.29, 0.717) is 25.0 Å². The summed E-state index contributed by atoms with van der Waals surface area (Å²) in [4.78, 5) is 27.3. The van der Waals surface area contributed by atoms with E-state index >= 15 is 0 Å². The number of anilines is 1. The summed E-state index contributed by atoms with van der Waals surface area (Å²) >= 11 is 0. The predicted molar refractivity (Wildman–Crippen MR) is 133 cm³/mol. The third-order valence-electron chi connectivity index (χ3n) is 6.70. The fourth-order valence-electron chi connectivity index (χ4n) is 4.87. The van der Waals surface area contributed by atoms with Crippen molar-refractivity contribution in [3.8, 4) is 0 Å². The van der Waals surface area contributed by atoms with Crippen LogP contribution >= 0.6 is 0 Å². The summed E-state index contributed by atoms with van der Waals surface area (Å²) in [6.07, 6.45) is 3.77. The van der Waals surface area contributed by atoms with Crippen LogP contribution in [0.1, 0.15) is 53.4 Å². The number of hydrogen-bond acceptors (Lipinski definition) is 8. The third-order valence-corrected chi connectivity index (χ3v) is 7.61. The average Bonchev–Trinajstić information content (AvgIpc) is 2.76. The van der Waals surface area contributed by atoms with Crippen LogP contribution in [0.2, 0.25) is 0 Å². The van der Waals surface area contributed by atoms with Crippen molar-refractivity contribution in [2.24, 2.45) is 11.1 Å². The highest BCUT2D eigenvalue weighted by atomic mass is 32.2. The molecule has 3 rings (SSSR count). The number of nitrogens with zero attached hydrogens (tertiary/aromatic N) is 3. The molecule has 1 heterocycles. The summed E-state index contributed by atoms with van der Waals surface area (Å²) in [6.45, 7) is 10.5. The first-order chi connectivity index (χ1) is 16.2. The van der Waals surface area contributed by atoms with Crippen molar-refractivity contribution in [2.75, 3.05) is 31.5 Å². The van der Waals surface area contributed by atoms with Gasteiger partial charge in [-0.15, -0.1) is 0 Å². The lowest BCUT2D eigenvalue weighted by Gasteiger charge is -2.45. The van der Waals surface area contributed by atoms with Crippen molar-refractivity contribution >= 4 is 27.5 Å². The molecule has 0 aromatic heterocycles. The van der Waals surface area contributed by atoms with Crippen molar-refractivity contribution in [2.45, 2.75) is 76.0 Å². The van der Waals surface area contributed by atoms with Crippen molar-refractivity contribution < 1.29 is 22.9 Å². The van der Waals surface area contributed by atoms with Gasteiger partial charge in [-0.2, -0.15) is 0 Å². The van der Waals surface area contributed by atoms with E-state index in [1.807, 2.05) is 25.7 Å². The zero-order valence-corrected chi connectivity index (χ0v) is 21.7. The topological polar surface area (TPSA) is 148 Å². The van der Waals surface area contributed by atoms with Gasteiger partial charge in [0, 0.05) is 44.3 Å². The van der Waals surface area contributed by atoms with Gasteiger partial charge < -0.3 is 15.0 Å². The average molecular weight is 512 g/mol. The molecule has 35 heavy (non-hydrogen) atoms. The smallest absolute Gasteiger partial charge is 0.410 e. The molecule has 1 saturated carbocycles. The quantitative estimate of drug-likeness (QED) is 0.437. The highest BCUT2D eigenvalue weighted by Gasteiger charge is 2.34. The molecule has 1 aromatic rings. The SMILES string of the molecule is C[C@@H]1CN([C@H]2CC[C@H](CNc3ccc(S(N)(=O)=O)cc3[N+](=O)[O-])CC2)CCN1C(=O)OC(C)(C)C. The van der Waals surface area contributed by atoms with Crippen LogP contribution in [0.25, 0.3) is 0 Å². The number of piperazine rings is 1. The van der Waals surface area contributed by atoms with Crippen LogP contribution in [0.4, 0.5) is 16.2 Å². The Kier molecular flexibility index (Phi) is 8.28. The number of carbonyl (C=O) groups is 1. The standard InChI is InChI=1S/C23H37N5O6S/c1-16-15-26(11-12-27(16)22(29)34-23(2,3)4)18-7-5-17(6-8-18)14-25-20-10-9-19(35(24,32)33)13-21(20)28(30)31/h9-10,13,16-18,25H,5-8,11-12,14-15H2,1-4H3,(H2,24,32,33)/t16-,17-,18-/m1/s1. The largest absolute Gasteiger partial charge is 0.444 e. The maximum atomic E-state index is 12.5.